The summed E-state index contributed by atoms with van der Waals surface area (Å²) in [6, 6.07) is 3.25. The lowest BCUT2D eigenvalue weighted by Crippen LogP contribution is -2.48. The van der Waals surface area contributed by atoms with Gasteiger partial charge in [-0.25, -0.2) is 8.42 Å². The van der Waals surface area contributed by atoms with E-state index in [1.807, 2.05) is 11.8 Å². The highest BCUT2D eigenvalue weighted by Gasteiger charge is 2.32. The predicted molar refractivity (Wildman–Crippen MR) is 95.7 cm³/mol. The van der Waals surface area contributed by atoms with Crippen LogP contribution in [0.15, 0.2) is 12.1 Å². The predicted octanol–water partition coefficient (Wildman–Crippen LogP) is -0.596. The Bertz CT molecular complexity index is 759. The molecule has 1 aromatic rings. The Labute approximate surface area is 152 Å². The van der Waals surface area contributed by atoms with Crippen molar-refractivity contribution < 1.29 is 18.0 Å². The van der Waals surface area contributed by atoms with Gasteiger partial charge in [0.05, 0.1) is 11.5 Å². The van der Waals surface area contributed by atoms with Crippen LogP contribution in [0.25, 0.3) is 0 Å². The summed E-state index contributed by atoms with van der Waals surface area (Å²) in [7, 11) is -2.98. The number of hydrogen-bond acceptors (Lipinski definition) is 7. The van der Waals surface area contributed by atoms with Gasteiger partial charge in [0.25, 0.3) is 5.91 Å². The van der Waals surface area contributed by atoms with Crippen LogP contribution in [0, 0.1) is 0 Å². The number of nitrogens with zero attached hydrogens (tertiary/aromatic N) is 5. The highest BCUT2D eigenvalue weighted by atomic mass is 32.2. The van der Waals surface area contributed by atoms with Gasteiger partial charge >= 0.3 is 0 Å². The van der Waals surface area contributed by atoms with Crippen molar-refractivity contribution in [3.05, 3.63) is 17.8 Å². The second-order valence-electron chi connectivity index (χ2n) is 6.55. The third-order valence-corrected chi connectivity index (χ3v) is 6.65. The molecule has 3 rings (SSSR count). The molecule has 0 N–H and O–H groups in total. The molecular weight excluding hydrogens is 358 g/mol. The number of carbonyl (C=O) groups is 2. The van der Waals surface area contributed by atoms with Gasteiger partial charge in [-0.05, 0) is 25.5 Å². The summed E-state index contributed by atoms with van der Waals surface area (Å²) in [6.07, 6.45) is 1.37. The van der Waals surface area contributed by atoms with Crippen molar-refractivity contribution in [3.8, 4) is 0 Å². The Hall–Kier alpha value is -2.23. The van der Waals surface area contributed by atoms with E-state index in [2.05, 4.69) is 10.2 Å². The smallest absolute Gasteiger partial charge is 0.274 e. The number of rotatable bonds is 5. The number of carbonyl (C=O) groups excluding carboxylic acids is 2. The van der Waals surface area contributed by atoms with Crippen molar-refractivity contribution in [1.29, 1.82) is 0 Å². The Morgan fingerprint density at radius 1 is 1.27 bits per heavy atom. The van der Waals surface area contributed by atoms with Crippen molar-refractivity contribution >= 4 is 28.0 Å². The zero-order valence-corrected chi connectivity index (χ0v) is 15.6. The lowest BCUT2D eigenvalue weighted by molar-refractivity contribution is -0.119. The molecule has 9 nitrogen and oxygen atoms in total. The van der Waals surface area contributed by atoms with Gasteiger partial charge in [-0.15, -0.1) is 10.2 Å². The van der Waals surface area contributed by atoms with Crippen LogP contribution in [-0.4, -0.2) is 91.0 Å². The Balaban J connectivity index is 1.67. The molecule has 10 heteroatoms. The van der Waals surface area contributed by atoms with Gasteiger partial charge in [-0.3, -0.25) is 9.59 Å². The monoisotopic (exact) mass is 381 g/mol. The highest BCUT2D eigenvalue weighted by Crippen LogP contribution is 2.22. The minimum absolute atomic E-state index is 0.0997. The minimum atomic E-state index is -2.98. The van der Waals surface area contributed by atoms with Gasteiger partial charge in [0.2, 0.25) is 6.41 Å². The van der Waals surface area contributed by atoms with E-state index >= 15 is 0 Å². The first kappa shape index (κ1) is 18.6. The summed E-state index contributed by atoms with van der Waals surface area (Å²) >= 11 is 0. The average Bonchev–Trinajstić information content (AvgIpc) is 3.02. The SMILES string of the molecule is CCN(c1ccc(C(=O)N2CCN(C=O)CC2)nn1)C1CCS(=O)(=O)C1. The standard InChI is InChI=1S/C16H23N5O4S/c1-2-21(13-5-10-26(24,25)11-13)15-4-3-14(17-18-15)16(23)20-8-6-19(12-22)7-9-20/h3-4,12-13H,2,5-11H2,1H3. The number of aromatic nitrogens is 2. The molecule has 1 aromatic heterocycles. The van der Waals surface area contributed by atoms with E-state index in [1.165, 1.54) is 0 Å². The molecule has 26 heavy (non-hydrogen) atoms. The Kier molecular flexibility index (Phi) is 5.40. The zero-order chi connectivity index (χ0) is 18.7. The summed E-state index contributed by atoms with van der Waals surface area (Å²) in [5, 5.41) is 8.21. The zero-order valence-electron chi connectivity index (χ0n) is 14.7. The largest absolute Gasteiger partial charge is 0.351 e. The molecule has 0 radical (unpaired) electrons. The summed E-state index contributed by atoms with van der Waals surface area (Å²) in [5.41, 5.74) is 0.253. The van der Waals surface area contributed by atoms with Crippen molar-refractivity contribution in [3.63, 3.8) is 0 Å². The second kappa shape index (κ2) is 7.56. The van der Waals surface area contributed by atoms with E-state index in [-0.39, 0.29) is 29.1 Å². The quantitative estimate of drug-likeness (QED) is 0.628. The van der Waals surface area contributed by atoms with Crippen LogP contribution >= 0.6 is 0 Å². The Morgan fingerprint density at radius 2 is 2.00 bits per heavy atom. The number of anilines is 1. The maximum Gasteiger partial charge on any atom is 0.274 e. The topological polar surface area (TPSA) is 104 Å². The summed E-state index contributed by atoms with van der Waals surface area (Å²) in [4.78, 5) is 28.5. The molecule has 1 unspecified atom stereocenters. The number of sulfone groups is 1. The fourth-order valence-corrected chi connectivity index (χ4v) is 5.14. The third-order valence-electron chi connectivity index (χ3n) is 4.90. The molecule has 2 amide bonds. The lowest BCUT2D eigenvalue weighted by atomic mass is 10.2. The third kappa shape index (κ3) is 3.95. The molecular formula is C16H23N5O4S. The van der Waals surface area contributed by atoms with Crippen molar-refractivity contribution in [2.75, 3.05) is 49.1 Å². The molecule has 0 aliphatic carbocycles. The van der Waals surface area contributed by atoms with Crippen LogP contribution in [0.4, 0.5) is 5.82 Å². The highest BCUT2D eigenvalue weighted by molar-refractivity contribution is 7.91. The van der Waals surface area contributed by atoms with E-state index < -0.39 is 9.84 Å². The van der Waals surface area contributed by atoms with E-state index in [0.29, 0.717) is 45.0 Å². The maximum atomic E-state index is 12.5. The van der Waals surface area contributed by atoms with Crippen LogP contribution in [0.5, 0.6) is 0 Å². The molecule has 2 aliphatic heterocycles. The number of hydrogen-bond donors (Lipinski definition) is 0. The minimum Gasteiger partial charge on any atom is -0.351 e. The maximum absolute atomic E-state index is 12.5. The van der Waals surface area contributed by atoms with Gasteiger partial charge in [-0.1, -0.05) is 0 Å². The van der Waals surface area contributed by atoms with Crippen LogP contribution in [-0.2, 0) is 14.6 Å². The molecule has 3 heterocycles. The molecule has 0 spiro atoms. The summed E-state index contributed by atoms with van der Waals surface area (Å²) in [5.74, 6) is 0.702. The molecule has 142 valence electrons. The van der Waals surface area contributed by atoms with E-state index in [0.717, 1.165) is 6.41 Å². The Morgan fingerprint density at radius 3 is 2.50 bits per heavy atom. The molecule has 2 aliphatic rings. The molecule has 1 atom stereocenters. The van der Waals surface area contributed by atoms with Crippen LogP contribution in [0.3, 0.4) is 0 Å². The molecule has 2 fully saturated rings. The first-order valence-corrected chi connectivity index (χ1v) is 10.5. The fraction of sp³-hybridized carbons (Fsp3) is 0.625. The molecule has 2 saturated heterocycles. The fourth-order valence-electron chi connectivity index (χ4n) is 3.41. The van der Waals surface area contributed by atoms with Gasteiger partial charge < -0.3 is 14.7 Å². The second-order valence-corrected chi connectivity index (χ2v) is 8.78. The van der Waals surface area contributed by atoms with Gasteiger partial charge in [0.1, 0.15) is 0 Å². The van der Waals surface area contributed by atoms with E-state index in [1.54, 1.807) is 21.9 Å². The van der Waals surface area contributed by atoms with Gasteiger partial charge in [-0.2, -0.15) is 0 Å². The van der Waals surface area contributed by atoms with Gasteiger partial charge in [0, 0.05) is 38.8 Å². The normalized spacial score (nSPS) is 22.3. The molecule has 0 bridgehead atoms. The van der Waals surface area contributed by atoms with Crippen LogP contribution in [0.1, 0.15) is 23.8 Å². The first-order valence-electron chi connectivity index (χ1n) is 8.73. The number of amides is 2. The van der Waals surface area contributed by atoms with Crippen molar-refractivity contribution in [1.82, 2.24) is 20.0 Å². The average molecular weight is 381 g/mol. The summed E-state index contributed by atoms with van der Waals surface area (Å²) < 4.78 is 23.4. The van der Waals surface area contributed by atoms with Gasteiger partial charge in [0.15, 0.2) is 21.3 Å². The lowest BCUT2D eigenvalue weighted by Gasteiger charge is -2.32. The molecule has 0 aromatic carbocycles. The van der Waals surface area contributed by atoms with Crippen LogP contribution in [0.2, 0.25) is 0 Å². The summed E-state index contributed by atoms with van der Waals surface area (Å²) in [6.45, 7) is 4.54. The van der Waals surface area contributed by atoms with E-state index in [4.69, 9.17) is 0 Å². The van der Waals surface area contributed by atoms with E-state index in [9.17, 15) is 18.0 Å². The number of piperazine rings is 1. The van der Waals surface area contributed by atoms with Crippen molar-refractivity contribution in [2.45, 2.75) is 19.4 Å². The van der Waals surface area contributed by atoms with Crippen molar-refractivity contribution in [2.24, 2.45) is 0 Å². The first-order chi connectivity index (χ1) is 12.4. The molecule has 0 saturated carbocycles. The van der Waals surface area contributed by atoms with Crippen LogP contribution < -0.4 is 4.90 Å².